The fraction of sp³-hybridized carbons (Fsp3) is 0.455. The zero-order valence-electron chi connectivity index (χ0n) is 9.78. The summed E-state index contributed by atoms with van der Waals surface area (Å²) < 4.78 is 8.49. The number of nitrogens with zero attached hydrogens (tertiary/aromatic N) is 3. The zero-order valence-corrected chi connectivity index (χ0v) is 12.1. The van der Waals surface area contributed by atoms with E-state index in [2.05, 4.69) is 26.0 Å². The van der Waals surface area contributed by atoms with E-state index < -0.39 is 0 Å². The molecule has 0 bridgehead atoms. The molecule has 2 heterocycles. The smallest absolute Gasteiger partial charge is 0.130 e. The van der Waals surface area contributed by atoms with E-state index in [1.807, 2.05) is 0 Å². The van der Waals surface area contributed by atoms with Crippen LogP contribution in [-0.2, 0) is 0 Å². The third kappa shape index (κ3) is 2.16. The minimum atomic E-state index is 0.401. The monoisotopic (exact) mass is 302 g/mol. The van der Waals surface area contributed by atoms with E-state index in [1.54, 1.807) is 6.07 Å². The van der Waals surface area contributed by atoms with Crippen molar-refractivity contribution in [3.8, 4) is 0 Å². The first-order valence-electron chi connectivity index (χ1n) is 5.70. The lowest BCUT2D eigenvalue weighted by molar-refractivity contribution is 0.414. The van der Waals surface area contributed by atoms with Crippen LogP contribution < -0.4 is 5.32 Å². The first-order chi connectivity index (χ1) is 8.65. The number of likely N-dealkylation sites (N-methyl/N-ethyl adjacent to an activating group) is 1. The Balaban J connectivity index is 1.98. The average molecular weight is 303 g/mol. The molecule has 1 aliphatic rings. The van der Waals surface area contributed by atoms with E-state index in [-0.39, 0.29) is 0 Å². The number of benzene rings is 1. The number of anilines is 1. The standard InChI is InChI=1S/C11H12Cl2N4S/c1-17-3-2-6(5-17)14-9-7(12)4-8(13)10-11(9)16-18-15-10/h4,6,14H,2-3,5H2,1H3. The van der Waals surface area contributed by atoms with E-state index in [1.165, 1.54) is 0 Å². The van der Waals surface area contributed by atoms with Crippen molar-refractivity contribution in [1.29, 1.82) is 0 Å². The van der Waals surface area contributed by atoms with E-state index in [0.717, 1.165) is 48.0 Å². The lowest BCUT2D eigenvalue weighted by atomic mass is 10.2. The number of nitrogens with one attached hydrogen (secondary N) is 1. The van der Waals surface area contributed by atoms with Gasteiger partial charge in [0.1, 0.15) is 11.0 Å². The Morgan fingerprint density at radius 3 is 2.83 bits per heavy atom. The Morgan fingerprint density at radius 1 is 1.33 bits per heavy atom. The highest BCUT2D eigenvalue weighted by Crippen LogP contribution is 2.36. The van der Waals surface area contributed by atoms with Crippen LogP contribution in [0.2, 0.25) is 10.0 Å². The largest absolute Gasteiger partial charge is 0.378 e. The summed E-state index contributed by atoms with van der Waals surface area (Å²) in [4.78, 5) is 2.29. The first kappa shape index (κ1) is 12.4. The molecule has 1 N–H and O–H groups in total. The third-order valence-corrected chi connectivity index (χ3v) is 4.30. The summed E-state index contributed by atoms with van der Waals surface area (Å²) in [5.74, 6) is 0. The van der Waals surface area contributed by atoms with E-state index in [4.69, 9.17) is 23.2 Å². The normalized spacial score (nSPS) is 20.7. The van der Waals surface area contributed by atoms with Gasteiger partial charge in [-0.2, -0.15) is 8.75 Å². The predicted octanol–water partition coefficient (Wildman–Crippen LogP) is 3.11. The number of aromatic nitrogens is 2. The summed E-state index contributed by atoms with van der Waals surface area (Å²) in [7, 11) is 2.12. The molecule has 1 atom stereocenters. The minimum Gasteiger partial charge on any atom is -0.378 e. The van der Waals surface area contributed by atoms with Gasteiger partial charge >= 0.3 is 0 Å². The SMILES string of the molecule is CN1CCC(Nc2c(Cl)cc(Cl)c3nsnc23)C1. The average Bonchev–Trinajstić information content (AvgIpc) is 2.93. The van der Waals surface area contributed by atoms with Crippen LogP contribution in [-0.4, -0.2) is 39.8 Å². The Bertz CT molecular complexity index is 586. The molecule has 1 fully saturated rings. The fourth-order valence-corrected chi connectivity index (χ4v) is 3.44. The van der Waals surface area contributed by atoms with Gasteiger partial charge in [-0.05, 0) is 26.1 Å². The number of rotatable bonds is 2. The van der Waals surface area contributed by atoms with Gasteiger partial charge in [-0.3, -0.25) is 0 Å². The second-order valence-electron chi connectivity index (χ2n) is 4.57. The zero-order chi connectivity index (χ0) is 12.7. The molecular formula is C11H12Cl2N4S. The summed E-state index contributed by atoms with van der Waals surface area (Å²) >= 11 is 13.5. The molecule has 0 amide bonds. The lowest BCUT2D eigenvalue weighted by Crippen LogP contribution is -2.23. The van der Waals surface area contributed by atoms with Crippen LogP contribution in [0.1, 0.15) is 6.42 Å². The molecule has 1 saturated heterocycles. The molecule has 0 spiro atoms. The summed E-state index contributed by atoms with van der Waals surface area (Å²) in [6, 6.07) is 2.13. The Hall–Kier alpha value is -0.620. The van der Waals surface area contributed by atoms with Crippen molar-refractivity contribution in [3.05, 3.63) is 16.1 Å². The van der Waals surface area contributed by atoms with Gasteiger partial charge in [-0.25, -0.2) is 0 Å². The van der Waals surface area contributed by atoms with Crippen LogP contribution >= 0.6 is 34.9 Å². The fourth-order valence-electron chi connectivity index (χ4n) is 2.27. The van der Waals surface area contributed by atoms with Crippen molar-refractivity contribution in [2.75, 3.05) is 25.5 Å². The predicted molar refractivity (Wildman–Crippen MR) is 77.0 cm³/mol. The van der Waals surface area contributed by atoms with Gasteiger partial charge in [0.25, 0.3) is 0 Å². The van der Waals surface area contributed by atoms with Crippen LogP contribution in [0.3, 0.4) is 0 Å². The Kier molecular flexibility index (Phi) is 3.32. The molecule has 0 saturated carbocycles. The van der Waals surface area contributed by atoms with Gasteiger partial charge < -0.3 is 10.2 Å². The van der Waals surface area contributed by atoms with Crippen LogP contribution in [0.25, 0.3) is 11.0 Å². The summed E-state index contributed by atoms with van der Waals surface area (Å²) in [5, 5.41) is 4.63. The van der Waals surface area contributed by atoms with E-state index in [0.29, 0.717) is 16.1 Å². The third-order valence-electron chi connectivity index (χ3n) is 3.18. The molecule has 3 rings (SSSR count). The van der Waals surface area contributed by atoms with E-state index >= 15 is 0 Å². The summed E-state index contributed by atoms with van der Waals surface area (Å²) in [5.41, 5.74) is 2.34. The molecule has 1 aromatic heterocycles. The maximum absolute atomic E-state index is 6.26. The van der Waals surface area contributed by atoms with Crippen molar-refractivity contribution < 1.29 is 0 Å². The molecule has 18 heavy (non-hydrogen) atoms. The molecule has 0 radical (unpaired) electrons. The molecule has 2 aromatic rings. The second kappa shape index (κ2) is 4.81. The van der Waals surface area contributed by atoms with E-state index in [9.17, 15) is 0 Å². The number of hydrogen-bond donors (Lipinski definition) is 1. The lowest BCUT2D eigenvalue weighted by Gasteiger charge is -2.16. The van der Waals surface area contributed by atoms with Crippen LogP contribution in [0, 0.1) is 0 Å². The molecular weight excluding hydrogens is 291 g/mol. The van der Waals surface area contributed by atoms with Crippen molar-refractivity contribution in [2.45, 2.75) is 12.5 Å². The molecule has 7 heteroatoms. The van der Waals surface area contributed by atoms with Crippen molar-refractivity contribution >= 4 is 51.7 Å². The topological polar surface area (TPSA) is 41.0 Å². The highest BCUT2D eigenvalue weighted by Gasteiger charge is 2.22. The first-order valence-corrected chi connectivity index (χ1v) is 7.19. The summed E-state index contributed by atoms with van der Waals surface area (Å²) in [6.07, 6.45) is 1.11. The molecule has 1 unspecified atom stereocenters. The minimum absolute atomic E-state index is 0.401. The highest BCUT2D eigenvalue weighted by atomic mass is 35.5. The van der Waals surface area contributed by atoms with Gasteiger partial charge in [-0.15, -0.1) is 0 Å². The van der Waals surface area contributed by atoms with Gasteiger partial charge in [0.05, 0.1) is 27.5 Å². The van der Waals surface area contributed by atoms with Crippen LogP contribution in [0.4, 0.5) is 5.69 Å². The van der Waals surface area contributed by atoms with Gasteiger partial charge in [-0.1, -0.05) is 23.2 Å². The summed E-state index contributed by atoms with van der Waals surface area (Å²) in [6.45, 7) is 2.11. The molecule has 4 nitrogen and oxygen atoms in total. The molecule has 0 aliphatic carbocycles. The van der Waals surface area contributed by atoms with Crippen molar-refractivity contribution in [2.24, 2.45) is 0 Å². The Labute approximate surface area is 119 Å². The number of halogens is 2. The maximum Gasteiger partial charge on any atom is 0.130 e. The number of fused-ring (bicyclic) bond motifs is 1. The van der Waals surface area contributed by atoms with Crippen LogP contribution in [0.15, 0.2) is 6.07 Å². The van der Waals surface area contributed by atoms with Crippen molar-refractivity contribution in [3.63, 3.8) is 0 Å². The number of hydrogen-bond acceptors (Lipinski definition) is 5. The van der Waals surface area contributed by atoms with Gasteiger partial charge in [0.15, 0.2) is 0 Å². The molecule has 1 aliphatic heterocycles. The maximum atomic E-state index is 6.26. The van der Waals surface area contributed by atoms with Crippen molar-refractivity contribution in [1.82, 2.24) is 13.6 Å². The Morgan fingerprint density at radius 2 is 2.11 bits per heavy atom. The number of likely N-dealkylation sites (tertiary alicyclic amines) is 1. The quantitative estimate of drug-likeness (QED) is 0.925. The van der Waals surface area contributed by atoms with Gasteiger partial charge in [0, 0.05) is 12.6 Å². The molecule has 1 aromatic carbocycles. The molecule has 96 valence electrons. The second-order valence-corrected chi connectivity index (χ2v) is 5.91. The van der Waals surface area contributed by atoms with Gasteiger partial charge in [0.2, 0.25) is 0 Å². The highest BCUT2D eigenvalue weighted by molar-refractivity contribution is 7.00. The van der Waals surface area contributed by atoms with Crippen LogP contribution in [0.5, 0.6) is 0 Å².